The Morgan fingerprint density at radius 3 is 2.47 bits per heavy atom. The van der Waals surface area contributed by atoms with Gasteiger partial charge in [0, 0.05) is 29.5 Å². The molecule has 5 nitrogen and oxygen atoms in total. The van der Waals surface area contributed by atoms with Gasteiger partial charge in [-0.05, 0) is 12.8 Å². The zero-order valence-electron chi connectivity index (χ0n) is 10.4. The molecule has 0 radical (unpaired) electrons. The molecule has 1 N–H and O–H groups in total. The van der Waals surface area contributed by atoms with Crippen LogP contribution in [0.3, 0.4) is 0 Å². The summed E-state index contributed by atoms with van der Waals surface area (Å²) in [7, 11) is 0. The molecule has 0 unspecified atom stereocenters. The van der Waals surface area contributed by atoms with Crippen molar-refractivity contribution in [3.8, 4) is 17.2 Å². The van der Waals surface area contributed by atoms with Gasteiger partial charge in [-0.2, -0.15) is 4.99 Å². The molecule has 2 aliphatic heterocycles. The van der Waals surface area contributed by atoms with Crippen molar-refractivity contribution in [2.24, 2.45) is 4.99 Å². The van der Waals surface area contributed by atoms with E-state index in [0.717, 1.165) is 41.7 Å². The largest absolute Gasteiger partial charge is 0.504 e. The zero-order chi connectivity index (χ0) is 13.0. The second kappa shape index (κ2) is 3.52. The van der Waals surface area contributed by atoms with E-state index in [1.54, 1.807) is 6.08 Å². The van der Waals surface area contributed by atoms with Gasteiger partial charge in [-0.25, -0.2) is 4.79 Å². The first-order chi connectivity index (χ1) is 9.27. The predicted molar refractivity (Wildman–Crippen MR) is 65.5 cm³/mol. The number of isocyanates is 1. The summed E-state index contributed by atoms with van der Waals surface area (Å²) < 4.78 is 11.3. The minimum Gasteiger partial charge on any atom is -0.504 e. The highest BCUT2D eigenvalue weighted by Crippen LogP contribution is 2.59. The molecule has 4 rings (SSSR count). The lowest BCUT2D eigenvalue weighted by molar-refractivity contribution is 0.333. The van der Waals surface area contributed by atoms with Gasteiger partial charge in [0.15, 0.2) is 11.5 Å². The normalized spacial score (nSPS) is 20.8. The SMILES string of the molecule is O=C=NC1(c2c3c(c(O)c4c2OCC4)OCC3)CC1. The predicted octanol–water partition coefficient (Wildman–Crippen LogP) is 1.59. The van der Waals surface area contributed by atoms with Crippen LogP contribution < -0.4 is 9.47 Å². The maximum Gasteiger partial charge on any atom is 0.235 e. The Morgan fingerprint density at radius 1 is 1.11 bits per heavy atom. The second-order valence-electron chi connectivity index (χ2n) is 5.27. The number of ether oxygens (including phenoxy) is 2. The third-order valence-corrected chi connectivity index (χ3v) is 4.22. The molecule has 0 saturated heterocycles. The van der Waals surface area contributed by atoms with E-state index >= 15 is 0 Å². The van der Waals surface area contributed by atoms with Gasteiger partial charge in [0.2, 0.25) is 6.08 Å². The average molecular weight is 259 g/mol. The molecule has 1 saturated carbocycles. The second-order valence-corrected chi connectivity index (χ2v) is 5.27. The molecule has 5 heteroatoms. The van der Waals surface area contributed by atoms with Crippen molar-refractivity contribution in [3.63, 3.8) is 0 Å². The summed E-state index contributed by atoms with van der Waals surface area (Å²) in [4.78, 5) is 14.7. The Kier molecular flexibility index (Phi) is 2.01. The van der Waals surface area contributed by atoms with Crippen LogP contribution in [0, 0.1) is 0 Å². The zero-order valence-corrected chi connectivity index (χ0v) is 10.4. The summed E-state index contributed by atoms with van der Waals surface area (Å²) in [6.45, 7) is 1.11. The highest BCUT2D eigenvalue weighted by molar-refractivity contribution is 5.68. The fourth-order valence-electron chi connectivity index (χ4n) is 3.20. The molecule has 98 valence electrons. The van der Waals surface area contributed by atoms with Crippen LogP contribution in [0.4, 0.5) is 0 Å². The van der Waals surface area contributed by atoms with Gasteiger partial charge in [0.1, 0.15) is 11.3 Å². The number of aromatic hydroxyl groups is 1. The van der Waals surface area contributed by atoms with Gasteiger partial charge in [-0.1, -0.05) is 0 Å². The number of fused-ring (bicyclic) bond motifs is 2. The van der Waals surface area contributed by atoms with Crippen molar-refractivity contribution in [2.75, 3.05) is 13.2 Å². The summed E-state index contributed by atoms with van der Waals surface area (Å²) in [6.07, 6.45) is 4.74. The third-order valence-electron chi connectivity index (χ3n) is 4.22. The fraction of sp³-hybridized carbons (Fsp3) is 0.500. The van der Waals surface area contributed by atoms with Gasteiger partial charge < -0.3 is 14.6 Å². The molecule has 0 amide bonds. The van der Waals surface area contributed by atoms with Crippen LogP contribution >= 0.6 is 0 Å². The maximum atomic E-state index is 10.7. The number of phenolic OH excluding ortho intramolecular Hbond substituents is 1. The van der Waals surface area contributed by atoms with E-state index in [1.807, 2.05) is 0 Å². The number of benzene rings is 1. The number of hydrogen-bond donors (Lipinski definition) is 1. The molecule has 0 aromatic heterocycles. The quantitative estimate of drug-likeness (QED) is 0.647. The van der Waals surface area contributed by atoms with E-state index in [2.05, 4.69) is 4.99 Å². The summed E-state index contributed by atoms with van der Waals surface area (Å²) in [5.41, 5.74) is 2.22. The van der Waals surface area contributed by atoms with Crippen molar-refractivity contribution in [3.05, 3.63) is 16.7 Å². The van der Waals surface area contributed by atoms with Gasteiger partial charge in [-0.3, -0.25) is 0 Å². The number of aliphatic imine (C=N–C) groups is 1. The molecule has 1 aromatic rings. The molecule has 1 aromatic carbocycles. The van der Waals surface area contributed by atoms with Crippen LogP contribution in [0.25, 0.3) is 0 Å². The van der Waals surface area contributed by atoms with Gasteiger partial charge in [0.05, 0.1) is 13.2 Å². The monoisotopic (exact) mass is 259 g/mol. The number of phenols is 1. The first-order valence-corrected chi connectivity index (χ1v) is 6.52. The molecule has 0 atom stereocenters. The molecule has 0 spiro atoms. The first kappa shape index (κ1) is 10.9. The third kappa shape index (κ3) is 1.31. The van der Waals surface area contributed by atoms with Gasteiger partial charge in [0.25, 0.3) is 0 Å². The lowest BCUT2D eigenvalue weighted by Crippen LogP contribution is -2.08. The molecular weight excluding hydrogens is 246 g/mol. The minimum atomic E-state index is -0.484. The smallest absolute Gasteiger partial charge is 0.235 e. The Morgan fingerprint density at radius 2 is 1.79 bits per heavy atom. The van der Waals surface area contributed by atoms with Crippen LogP contribution in [0.5, 0.6) is 17.2 Å². The van der Waals surface area contributed by atoms with Crippen molar-refractivity contribution in [2.45, 2.75) is 31.2 Å². The van der Waals surface area contributed by atoms with Gasteiger partial charge >= 0.3 is 0 Å². The standard InChI is InChI=1S/C14H13NO4/c16-7-15-14(3-4-14)10-8-1-5-19-13(8)11(17)9-2-6-18-12(9)10/h17H,1-6H2. The lowest BCUT2D eigenvalue weighted by Gasteiger charge is -2.18. The molecular formula is C14H13NO4. The van der Waals surface area contributed by atoms with E-state index in [-0.39, 0.29) is 5.75 Å². The van der Waals surface area contributed by atoms with Crippen molar-refractivity contribution < 1.29 is 19.4 Å². The summed E-state index contributed by atoms with van der Waals surface area (Å²) in [6, 6.07) is 0. The van der Waals surface area contributed by atoms with Crippen molar-refractivity contribution >= 4 is 6.08 Å². The van der Waals surface area contributed by atoms with Crippen LogP contribution in [0.1, 0.15) is 29.5 Å². The molecule has 0 bridgehead atoms. The van der Waals surface area contributed by atoms with Crippen LogP contribution in [-0.2, 0) is 23.2 Å². The summed E-state index contributed by atoms with van der Waals surface area (Å²) >= 11 is 0. The molecule has 1 fully saturated rings. The number of carbonyl (C=O) groups excluding carboxylic acids is 1. The number of rotatable bonds is 2. The minimum absolute atomic E-state index is 0.203. The Labute approximate surface area is 109 Å². The molecule has 3 aliphatic rings. The number of nitrogens with zero attached hydrogens (tertiary/aromatic N) is 1. The fourth-order valence-corrected chi connectivity index (χ4v) is 3.20. The van der Waals surface area contributed by atoms with E-state index in [9.17, 15) is 9.90 Å². The molecule has 1 aliphatic carbocycles. The molecule has 19 heavy (non-hydrogen) atoms. The van der Waals surface area contributed by atoms with E-state index < -0.39 is 5.54 Å². The van der Waals surface area contributed by atoms with E-state index in [4.69, 9.17) is 9.47 Å². The first-order valence-electron chi connectivity index (χ1n) is 6.52. The molecule has 2 heterocycles. The lowest BCUT2D eigenvalue weighted by atomic mass is 9.92. The van der Waals surface area contributed by atoms with Crippen LogP contribution in [0.15, 0.2) is 4.99 Å². The van der Waals surface area contributed by atoms with Crippen molar-refractivity contribution in [1.82, 2.24) is 0 Å². The maximum absolute atomic E-state index is 10.7. The Hall–Kier alpha value is -2.00. The Bertz CT molecular complexity index is 592. The van der Waals surface area contributed by atoms with Crippen molar-refractivity contribution in [1.29, 1.82) is 0 Å². The van der Waals surface area contributed by atoms with Crippen LogP contribution in [-0.4, -0.2) is 24.4 Å². The Balaban J connectivity index is 2.03. The van der Waals surface area contributed by atoms with E-state index in [1.165, 1.54) is 0 Å². The topological polar surface area (TPSA) is 68.1 Å². The summed E-state index contributed by atoms with van der Waals surface area (Å²) in [5.74, 6) is 1.49. The number of hydrogen-bond acceptors (Lipinski definition) is 5. The van der Waals surface area contributed by atoms with Crippen LogP contribution in [0.2, 0.25) is 0 Å². The van der Waals surface area contributed by atoms with E-state index in [0.29, 0.717) is 25.4 Å². The highest BCUT2D eigenvalue weighted by Gasteiger charge is 2.51. The highest BCUT2D eigenvalue weighted by atomic mass is 16.5. The average Bonchev–Trinajstić information content (AvgIpc) is 2.85. The van der Waals surface area contributed by atoms with Gasteiger partial charge in [-0.15, -0.1) is 0 Å². The summed E-state index contributed by atoms with van der Waals surface area (Å²) in [5, 5.41) is 10.3.